The van der Waals surface area contributed by atoms with Crippen molar-refractivity contribution in [1.29, 1.82) is 0 Å². The first-order valence-electron chi connectivity index (χ1n) is 5.98. The number of hydrogen-bond donors (Lipinski definition) is 1. The molecule has 2 aromatic rings. The zero-order valence-electron chi connectivity index (χ0n) is 10.6. The van der Waals surface area contributed by atoms with E-state index < -0.39 is 0 Å². The molecule has 0 radical (unpaired) electrons. The van der Waals surface area contributed by atoms with Crippen molar-refractivity contribution in [2.24, 2.45) is 0 Å². The normalized spacial score (nSPS) is 10.6. The minimum absolute atomic E-state index is 0.446. The van der Waals surface area contributed by atoms with E-state index in [0.29, 0.717) is 12.6 Å². The van der Waals surface area contributed by atoms with Crippen molar-refractivity contribution >= 4 is 11.3 Å². The molecule has 4 nitrogen and oxygen atoms in total. The molecule has 2 aromatic heterocycles. The van der Waals surface area contributed by atoms with Gasteiger partial charge in [0.15, 0.2) is 0 Å². The molecular formula is C13H17N3OS. The van der Waals surface area contributed by atoms with Crippen molar-refractivity contribution in [3.8, 4) is 6.01 Å². The molecule has 18 heavy (non-hydrogen) atoms. The zero-order valence-corrected chi connectivity index (χ0v) is 11.5. The summed E-state index contributed by atoms with van der Waals surface area (Å²) >= 11 is 1.67. The van der Waals surface area contributed by atoms with E-state index in [9.17, 15) is 0 Å². The van der Waals surface area contributed by atoms with E-state index in [1.807, 2.05) is 30.6 Å². The van der Waals surface area contributed by atoms with E-state index in [2.05, 4.69) is 22.2 Å². The number of nitrogens with zero attached hydrogens (tertiary/aromatic N) is 2. The second kappa shape index (κ2) is 6.47. The van der Waals surface area contributed by atoms with Gasteiger partial charge in [-0.25, -0.2) is 9.97 Å². The summed E-state index contributed by atoms with van der Waals surface area (Å²) in [4.78, 5) is 9.75. The van der Waals surface area contributed by atoms with Crippen LogP contribution in [0.5, 0.6) is 6.01 Å². The highest BCUT2D eigenvalue weighted by Crippen LogP contribution is 2.13. The van der Waals surface area contributed by atoms with E-state index in [1.54, 1.807) is 11.3 Å². The van der Waals surface area contributed by atoms with Crippen LogP contribution in [0.1, 0.15) is 23.1 Å². The SMILES string of the molecule is CCNCc1cnc(OCc2cccs2)nc1C. The van der Waals surface area contributed by atoms with Crippen LogP contribution in [0.4, 0.5) is 0 Å². The Kier molecular flexibility index (Phi) is 4.66. The molecule has 0 aliphatic heterocycles. The molecule has 0 aliphatic rings. The van der Waals surface area contributed by atoms with Crippen molar-refractivity contribution in [1.82, 2.24) is 15.3 Å². The van der Waals surface area contributed by atoms with Crippen LogP contribution in [0.25, 0.3) is 0 Å². The van der Waals surface area contributed by atoms with Crippen LogP contribution in [-0.2, 0) is 13.2 Å². The maximum absolute atomic E-state index is 5.56. The van der Waals surface area contributed by atoms with Gasteiger partial charge in [0.2, 0.25) is 0 Å². The Balaban J connectivity index is 1.95. The largest absolute Gasteiger partial charge is 0.458 e. The molecule has 0 atom stereocenters. The van der Waals surface area contributed by atoms with Gasteiger partial charge in [0.1, 0.15) is 6.61 Å². The summed E-state index contributed by atoms with van der Waals surface area (Å²) in [5.41, 5.74) is 2.08. The number of aromatic nitrogens is 2. The van der Waals surface area contributed by atoms with Gasteiger partial charge in [-0.15, -0.1) is 11.3 Å². The van der Waals surface area contributed by atoms with E-state index >= 15 is 0 Å². The molecule has 0 amide bonds. The molecule has 2 heterocycles. The Bertz CT molecular complexity index is 485. The predicted octanol–water partition coefficient (Wildman–Crippen LogP) is 2.54. The number of rotatable bonds is 6. The highest BCUT2D eigenvalue weighted by Gasteiger charge is 2.04. The second-order valence-corrected chi connectivity index (χ2v) is 4.94. The van der Waals surface area contributed by atoms with Crippen LogP contribution in [0.15, 0.2) is 23.7 Å². The summed E-state index contributed by atoms with van der Waals surface area (Å²) in [5, 5.41) is 5.29. The van der Waals surface area contributed by atoms with Crippen LogP contribution in [0.3, 0.4) is 0 Å². The highest BCUT2D eigenvalue weighted by molar-refractivity contribution is 7.09. The molecule has 1 N–H and O–H groups in total. The van der Waals surface area contributed by atoms with E-state index in [-0.39, 0.29) is 0 Å². The van der Waals surface area contributed by atoms with Gasteiger partial charge in [-0.2, -0.15) is 0 Å². The molecule has 5 heteroatoms. The third-order valence-electron chi connectivity index (χ3n) is 2.55. The Morgan fingerprint density at radius 2 is 2.33 bits per heavy atom. The molecule has 0 saturated heterocycles. The van der Waals surface area contributed by atoms with Gasteiger partial charge >= 0.3 is 6.01 Å². The molecule has 2 rings (SSSR count). The van der Waals surface area contributed by atoms with Gasteiger partial charge in [0, 0.05) is 28.9 Å². The monoisotopic (exact) mass is 263 g/mol. The highest BCUT2D eigenvalue weighted by atomic mass is 32.1. The summed E-state index contributed by atoms with van der Waals surface area (Å²) in [6.07, 6.45) is 1.83. The van der Waals surface area contributed by atoms with Gasteiger partial charge in [0.05, 0.1) is 0 Å². The Labute approximate surface area is 111 Å². The van der Waals surface area contributed by atoms with Gasteiger partial charge in [-0.1, -0.05) is 13.0 Å². The third kappa shape index (κ3) is 3.51. The number of nitrogens with one attached hydrogen (secondary N) is 1. The lowest BCUT2D eigenvalue weighted by Gasteiger charge is -2.07. The summed E-state index contributed by atoms with van der Waals surface area (Å²) < 4.78 is 5.56. The Morgan fingerprint density at radius 1 is 1.44 bits per heavy atom. The van der Waals surface area contributed by atoms with Crippen LogP contribution in [0.2, 0.25) is 0 Å². The fraction of sp³-hybridized carbons (Fsp3) is 0.385. The van der Waals surface area contributed by atoms with Crippen LogP contribution in [-0.4, -0.2) is 16.5 Å². The summed E-state index contributed by atoms with van der Waals surface area (Å²) in [6, 6.07) is 4.49. The molecule has 0 bridgehead atoms. The predicted molar refractivity (Wildman–Crippen MR) is 72.8 cm³/mol. The minimum Gasteiger partial charge on any atom is -0.458 e. The van der Waals surface area contributed by atoms with Crippen LogP contribution >= 0.6 is 11.3 Å². The first kappa shape index (κ1) is 13.0. The first-order chi connectivity index (χ1) is 8.79. The number of ether oxygens (including phenoxy) is 1. The third-order valence-corrected chi connectivity index (χ3v) is 3.40. The molecule has 0 aliphatic carbocycles. The van der Waals surface area contributed by atoms with Crippen molar-refractivity contribution in [2.45, 2.75) is 27.0 Å². The molecule has 0 fully saturated rings. The number of thiophene rings is 1. The van der Waals surface area contributed by atoms with E-state index in [0.717, 1.165) is 24.3 Å². The first-order valence-corrected chi connectivity index (χ1v) is 6.86. The van der Waals surface area contributed by atoms with Crippen molar-refractivity contribution < 1.29 is 4.74 Å². The quantitative estimate of drug-likeness (QED) is 0.870. The average molecular weight is 263 g/mol. The van der Waals surface area contributed by atoms with E-state index in [1.165, 1.54) is 4.88 Å². The maximum Gasteiger partial charge on any atom is 0.316 e. The molecule has 0 aromatic carbocycles. The lowest BCUT2D eigenvalue weighted by atomic mass is 10.2. The summed E-state index contributed by atoms with van der Waals surface area (Å²) in [6.45, 7) is 6.33. The zero-order chi connectivity index (χ0) is 12.8. The van der Waals surface area contributed by atoms with Crippen molar-refractivity contribution in [3.05, 3.63) is 39.8 Å². The number of hydrogen-bond acceptors (Lipinski definition) is 5. The molecule has 0 spiro atoms. The molecule has 0 saturated carbocycles. The topological polar surface area (TPSA) is 47.0 Å². The Morgan fingerprint density at radius 3 is 3.00 bits per heavy atom. The van der Waals surface area contributed by atoms with Gasteiger partial charge in [-0.05, 0) is 24.9 Å². The fourth-order valence-electron chi connectivity index (χ4n) is 1.50. The Hall–Kier alpha value is -1.46. The molecule has 0 unspecified atom stereocenters. The van der Waals surface area contributed by atoms with Crippen molar-refractivity contribution in [2.75, 3.05) is 6.54 Å². The minimum atomic E-state index is 0.446. The lowest BCUT2D eigenvalue weighted by Crippen LogP contribution is -2.14. The summed E-state index contributed by atoms with van der Waals surface area (Å²) in [7, 11) is 0. The fourth-order valence-corrected chi connectivity index (χ4v) is 2.12. The molecule has 96 valence electrons. The van der Waals surface area contributed by atoms with Gasteiger partial charge < -0.3 is 10.1 Å². The van der Waals surface area contributed by atoms with E-state index in [4.69, 9.17) is 4.74 Å². The smallest absolute Gasteiger partial charge is 0.316 e. The van der Waals surface area contributed by atoms with Gasteiger partial charge in [0.25, 0.3) is 0 Å². The van der Waals surface area contributed by atoms with Crippen molar-refractivity contribution in [3.63, 3.8) is 0 Å². The second-order valence-electron chi connectivity index (χ2n) is 3.91. The average Bonchev–Trinajstić information content (AvgIpc) is 2.88. The number of aryl methyl sites for hydroxylation is 1. The lowest BCUT2D eigenvalue weighted by molar-refractivity contribution is 0.283. The maximum atomic E-state index is 5.56. The van der Waals surface area contributed by atoms with Crippen LogP contribution in [0, 0.1) is 6.92 Å². The molecular weight excluding hydrogens is 246 g/mol. The van der Waals surface area contributed by atoms with Gasteiger partial charge in [-0.3, -0.25) is 0 Å². The van der Waals surface area contributed by atoms with Crippen LogP contribution < -0.4 is 10.1 Å². The summed E-state index contributed by atoms with van der Waals surface area (Å²) in [5.74, 6) is 0. The standard InChI is InChI=1S/C13H17N3OS/c1-3-14-7-11-8-15-13(16-10(11)2)17-9-12-5-4-6-18-12/h4-6,8,14H,3,7,9H2,1-2H3.